The molecule has 1 aliphatic carbocycles. The Labute approximate surface area is 139 Å². The van der Waals surface area contributed by atoms with Gasteiger partial charge in [-0.2, -0.15) is 0 Å². The first-order valence-electron chi connectivity index (χ1n) is 7.79. The number of carbonyl (C=O) groups excluding carboxylic acids is 1. The quantitative estimate of drug-likeness (QED) is 0.844. The van der Waals surface area contributed by atoms with Crippen LogP contribution in [0.2, 0.25) is 0 Å². The molecular weight excluding hydrogens is 300 g/mol. The van der Waals surface area contributed by atoms with Gasteiger partial charge >= 0.3 is 0 Å². The highest BCUT2D eigenvalue weighted by atomic mass is 35.5. The smallest absolute Gasteiger partial charge is 0.223 e. The summed E-state index contributed by atoms with van der Waals surface area (Å²) in [5.74, 6) is 1.36. The van der Waals surface area contributed by atoms with Crippen LogP contribution in [0.3, 0.4) is 0 Å². The average molecular weight is 327 g/mol. The van der Waals surface area contributed by atoms with Crippen molar-refractivity contribution in [1.82, 2.24) is 5.32 Å². The van der Waals surface area contributed by atoms with E-state index in [2.05, 4.69) is 18.3 Å². The first-order chi connectivity index (χ1) is 10.1. The number of nitrogens with one attached hydrogen (secondary N) is 1. The second-order valence-electron chi connectivity index (χ2n) is 5.97. The van der Waals surface area contributed by atoms with Crippen molar-refractivity contribution in [1.29, 1.82) is 0 Å². The maximum absolute atomic E-state index is 12.0. The number of aryl methyl sites for hydroxylation is 2. The molecule has 0 radical (unpaired) electrons. The Morgan fingerprint density at radius 1 is 1.36 bits per heavy atom. The molecule has 1 saturated carbocycles. The summed E-state index contributed by atoms with van der Waals surface area (Å²) < 4.78 is 5.69. The van der Waals surface area contributed by atoms with Crippen molar-refractivity contribution in [2.75, 3.05) is 13.2 Å². The molecule has 124 valence electrons. The molecule has 2 unspecified atom stereocenters. The molecular formula is C17H27ClN2O2. The molecule has 5 heteroatoms. The van der Waals surface area contributed by atoms with E-state index in [9.17, 15) is 4.79 Å². The van der Waals surface area contributed by atoms with Crippen molar-refractivity contribution in [3.63, 3.8) is 0 Å². The van der Waals surface area contributed by atoms with Crippen molar-refractivity contribution in [2.45, 2.75) is 45.6 Å². The van der Waals surface area contributed by atoms with Gasteiger partial charge in [0.25, 0.3) is 0 Å². The molecule has 0 saturated heterocycles. The minimum atomic E-state index is 0. The van der Waals surface area contributed by atoms with Crippen LogP contribution in [-0.2, 0) is 4.79 Å². The van der Waals surface area contributed by atoms with Crippen molar-refractivity contribution in [3.05, 3.63) is 29.3 Å². The average Bonchev–Trinajstić information content (AvgIpc) is 2.88. The normalized spacial score (nSPS) is 20.3. The fraction of sp³-hybridized carbons (Fsp3) is 0.588. The van der Waals surface area contributed by atoms with Crippen LogP contribution in [-0.4, -0.2) is 25.1 Å². The summed E-state index contributed by atoms with van der Waals surface area (Å²) >= 11 is 0. The van der Waals surface area contributed by atoms with Crippen LogP contribution in [0.1, 0.15) is 36.8 Å². The highest BCUT2D eigenvalue weighted by molar-refractivity contribution is 5.85. The van der Waals surface area contributed by atoms with Gasteiger partial charge in [0, 0.05) is 6.04 Å². The zero-order chi connectivity index (χ0) is 15.2. The van der Waals surface area contributed by atoms with E-state index in [1.807, 2.05) is 19.1 Å². The van der Waals surface area contributed by atoms with Crippen LogP contribution in [0.25, 0.3) is 0 Å². The third kappa shape index (κ3) is 5.18. The lowest BCUT2D eigenvalue weighted by atomic mass is 10.0. The summed E-state index contributed by atoms with van der Waals surface area (Å²) in [5, 5.41) is 3.09. The van der Waals surface area contributed by atoms with Gasteiger partial charge in [0.15, 0.2) is 0 Å². The maximum Gasteiger partial charge on any atom is 0.223 e. The molecule has 1 amide bonds. The van der Waals surface area contributed by atoms with Crippen LogP contribution in [0.15, 0.2) is 18.2 Å². The summed E-state index contributed by atoms with van der Waals surface area (Å²) in [6, 6.07) is 6.32. The highest BCUT2D eigenvalue weighted by Crippen LogP contribution is 2.24. The molecule has 0 bridgehead atoms. The summed E-state index contributed by atoms with van der Waals surface area (Å²) in [4.78, 5) is 12.0. The topological polar surface area (TPSA) is 64.3 Å². The zero-order valence-electron chi connectivity index (χ0n) is 13.4. The number of benzene rings is 1. The first-order valence-corrected chi connectivity index (χ1v) is 7.79. The molecule has 1 aromatic carbocycles. The van der Waals surface area contributed by atoms with Gasteiger partial charge in [-0.15, -0.1) is 12.4 Å². The molecule has 2 atom stereocenters. The Hall–Kier alpha value is -1.26. The molecule has 2 rings (SSSR count). The minimum absolute atomic E-state index is 0. The number of rotatable bonds is 6. The Kier molecular flexibility index (Phi) is 7.69. The molecule has 0 aromatic heterocycles. The summed E-state index contributed by atoms with van der Waals surface area (Å²) in [6.07, 6.45) is 3.72. The van der Waals surface area contributed by atoms with Gasteiger partial charge in [-0.3, -0.25) is 4.79 Å². The third-order valence-corrected chi connectivity index (χ3v) is 4.23. The predicted octanol–water partition coefficient (Wildman–Crippen LogP) is 2.74. The van der Waals surface area contributed by atoms with E-state index < -0.39 is 0 Å². The van der Waals surface area contributed by atoms with E-state index in [1.54, 1.807) is 0 Å². The van der Waals surface area contributed by atoms with Crippen LogP contribution in [0.4, 0.5) is 0 Å². The molecule has 1 fully saturated rings. The number of halogens is 1. The van der Waals surface area contributed by atoms with Crippen molar-refractivity contribution < 1.29 is 9.53 Å². The molecule has 0 aliphatic heterocycles. The molecule has 4 nitrogen and oxygen atoms in total. The van der Waals surface area contributed by atoms with Crippen molar-refractivity contribution in [3.8, 4) is 5.75 Å². The second kappa shape index (κ2) is 9.01. The number of hydrogen-bond donors (Lipinski definition) is 2. The second-order valence-corrected chi connectivity index (χ2v) is 5.97. The Morgan fingerprint density at radius 3 is 2.82 bits per heavy atom. The fourth-order valence-corrected chi connectivity index (χ4v) is 3.00. The van der Waals surface area contributed by atoms with Crippen LogP contribution >= 0.6 is 12.4 Å². The summed E-state index contributed by atoms with van der Waals surface area (Å²) in [5.41, 5.74) is 8.05. The van der Waals surface area contributed by atoms with Gasteiger partial charge in [0.2, 0.25) is 5.91 Å². The highest BCUT2D eigenvalue weighted by Gasteiger charge is 2.27. The number of carbonyl (C=O) groups is 1. The van der Waals surface area contributed by atoms with Gasteiger partial charge in [0.05, 0.1) is 13.0 Å². The largest absolute Gasteiger partial charge is 0.493 e. The lowest BCUT2D eigenvalue weighted by molar-refractivity contribution is -0.122. The molecule has 1 aromatic rings. The summed E-state index contributed by atoms with van der Waals surface area (Å²) in [7, 11) is 0. The lowest BCUT2D eigenvalue weighted by Crippen LogP contribution is -2.40. The maximum atomic E-state index is 12.0. The standard InChI is InChI=1S/C17H26N2O2.ClH/c1-12-6-7-16(13(2)10-12)21-9-8-17(20)19-15-5-3-4-14(15)11-18;/h6-7,10,14-15H,3-5,8-9,11,18H2,1-2H3,(H,19,20);1H. The lowest BCUT2D eigenvalue weighted by Gasteiger charge is -2.19. The van der Waals surface area contributed by atoms with Crippen LogP contribution in [0.5, 0.6) is 5.75 Å². The van der Waals surface area contributed by atoms with E-state index in [0.717, 1.165) is 30.6 Å². The molecule has 0 heterocycles. The summed E-state index contributed by atoms with van der Waals surface area (Å²) in [6.45, 7) is 5.15. The number of amides is 1. The van der Waals surface area contributed by atoms with E-state index in [-0.39, 0.29) is 24.4 Å². The number of hydrogen-bond acceptors (Lipinski definition) is 3. The Bertz CT molecular complexity index is 494. The van der Waals surface area contributed by atoms with Crippen molar-refractivity contribution >= 4 is 18.3 Å². The SMILES string of the molecule is Cc1ccc(OCCC(=O)NC2CCCC2CN)c(C)c1.Cl. The predicted molar refractivity (Wildman–Crippen MR) is 91.6 cm³/mol. The van der Waals surface area contributed by atoms with E-state index in [4.69, 9.17) is 10.5 Å². The third-order valence-electron chi connectivity index (χ3n) is 4.23. The molecule has 22 heavy (non-hydrogen) atoms. The van der Waals surface area contributed by atoms with E-state index in [1.165, 1.54) is 5.56 Å². The number of nitrogens with two attached hydrogens (primary N) is 1. The minimum Gasteiger partial charge on any atom is -0.493 e. The van der Waals surface area contributed by atoms with Gasteiger partial charge in [-0.1, -0.05) is 24.1 Å². The van der Waals surface area contributed by atoms with Crippen LogP contribution < -0.4 is 15.8 Å². The van der Waals surface area contributed by atoms with Gasteiger partial charge in [-0.05, 0) is 50.8 Å². The fourth-order valence-electron chi connectivity index (χ4n) is 3.00. The molecule has 3 N–H and O–H groups in total. The number of ether oxygens (including phenoxy) is 1. The van der Waals surface area contributed by atoms with Gasteiger partial charge in [-0.25, -0.2) is 0 Å². The Morgan fingerprint density at radius 2 is 2.14 bits per heavy atom. The molecule has 0 spiro atoms. The monoisotopic (exact) mass is 326 g/mol. The van der Waals surface area contributed by atoms with E-state index in [0.29, 0.717) is 25.5 Å². The Balaban J connectivity index is 0.00000242. The van der Waals surface area contributed by atoms with Crippen molar-refractivity contribution in [2.24, 2.45) is 11.7 Å². The van der Waals surface area contributed by atoms with Crippen LogP contribution in [0, 0.1) is 19.8 Å². The molecule has 1 aliphatic rings. The van der Waals surface area contributed by atoms with E-state index >= 15 is 0 Å². The van der Waals surface area contributed by atoms with Gasteiger partial charge < -0.3 is 15.8 Å². The zero-order valence-corrected chi connectivity index (χ0v) is 14.2. The first kappa shape index (κ1) is 18.8. The van der Waals surface area contributed by atoms with Gasteiger partial charge in [0.1, 0.15) is 5.75 Å².